The minimum absolute atomic E-state index is 0.160. The van der Waals surface area contributed by atoms with Gasteiger partial charge in [-0.15, -0.1) is 0 Å². The summed E-state index contributed by atoms with van der Waals surface area (Å²) in [7, 11) is 0. The molecule has 46 heavy (non-hydrogen) atoms. The van der Waals surface area contributed by atoms with Gasteiger partial charge in [0.1, 0.15) is 22.6 Å². The maximum absolute atomic E-state index is 13.8. The number of rotatable bonds is 4. The van der Waals surface area contributed by atoms with Crippen molar-refractivity contribution in [3.63, 3.8) is 0 Å². The molecule has 2 N–H and O–H groups in total. The molecule has 3 aromatic rings. The summed E-state index contributed by atoms with van der Waals surface area (Å²) in [5.41, 5.74) is 1.70. The van der Waals surface area contributed by atoms with Gasteiger partial charge in [0, 0.05) is 29.6 Å². The Labute approximate surface area is 271 Å². The quantitative estimate of drug-likeness (QED) is 0.282. The number of nitrogens with one attached hydrogen (secondary N) is 1. The number of amides is 2. The SMILES string of the molecule is CCc1c(-c2ccnc(NC(=O)OC(C)(C)C)c2)n(C(=O)OC(C)(C)C)c2ccc(C3CCN(C(=O)OC(C)(C)C)CC3O)cc12. The lowest BCUT2D eigenvalue weighted by molar-refractivity contribution is -0.00152. The van der Waals surface area contributed by atoms with Gasteiger partial charge >= 0.3 is 18.3 Å². The second-order valence-corrected chi connectivity index (χ2v) is 14.7. The van der Waals surface area contributed by atoms with Gasteiger partial charge in [0.25, 0.3) is 0 Å². The molecule has 11 nitrogen and oxygen atoms in total. The molecule has 2 atom stereocenters. The van der Waals surface area contributed by atoms with E-state index in [1.54, 1.807) is 48.6 Å². The summed E-state index contributed by atoms with van der Waals surface area (Å²) in [6.07, 6.45) is 0.298. The summed E-state index contributed by atoms with van der Waals surface area (Å²) in [4.78, 5) is 44.8. The van der Waals surface area contributed by atoms with Crippen LogP contribution in [0.4, 0.5) is 20.2 Å². The molecule has 1 saturated heterocycles. The number of anilines is 1. The van der Waals surface area contributed by atoms with Crippen LogP contribution < -0.4 is 5.32 Å². The number of ether oxygens (including phenoxy) is 3. The van der Waals surface area contributed by atoms with Crippen LogP contribution in [0.1, 0.15) is 92.7 Å². The van der Waals surface area contributed by atoms with Crippen LogP contribution in [-0.2, 0) is 20.6 Å². The molecule has 11 heteroatoms. The molecule has 2 unspecified atom stereocenters. The summed E-state index contributed by atoms with van der Waals surface area (Å²) in [6, 6.07) is 9.31. The van der Waals surface area contributed by atoms with Crippen molar-refractivity contribution in [1.82, 2.24) is 14.5 Å². The fourth-order valence-electron chi connectivity index (χ4n) is 5.63. The zero-order valence-electron chi connectivity index (χ0n) is 28.7. The Bertz CT molecular complexity index is 1610. The summed E-state index contributed by atoms with van der Waals surface area (Å²) in [5, 5.41) is 14.7. The number of carbonyl (C=O) groups excluding carboxylic acids is 3. The van der Waals surface area contributed by atoms with E-state index >= 15 is 0 Å². The highest BCUT2D eigenvalue weighted by atomic mass is 16.6. The van der Waals surface area contributed by atoms with Crippen LogP contribution in [0.3, 0.4) is 0 Å². The number of β-amino-alcohol motifs (C(OH)–C–C–N with tert-alkyl or cyclic N) is 1. The fourth-order valence-corrected chi connectivity index (χ4v) is 5.63. The summed E-state index contributed by atoms with van der Waals surface area (Å²) in [5.74, 6) is 0.0574. The molecule has 1 aliphatic rings. The Kier molecular flexibility index (Phi) is 9.78. The minimum Gasteiger partial charge on any atom is -0.444 e. The summed E-state index contributed by atoms with van der Waals surface area (Å²) < 4.78 is 18.3. The largest absolute Gasteiger partial charge is 0.444 e. The second-order valence-electron chi connectivity index (χ2n) is 14.7. The monoisotopic (exact) mass is 636 g/mol. The third kappa shape index (κ3) is 8.37. The molecule has 1 aromatic carbocycles. The molecule has 0 bridgehead atoms. The van der Waals surface area contributed by atoms with Crippen molar-refractivity contribution in [1.29, 1.82) is 0 Å². The van der Waals surface area contributed by atoms with Crippen molar-refractivity contribution in [2.45, 2.75) is 111 Å². The van der Waals surface area contributed by atoms with E-state index in [1.165, 1.54) is 0 Å². The summed E-state index contributed by atoms with van der Waals surface area (Å²) in [6.45, 7) is 18.9. The van der Waals surface area contributed by atoms with E-state index in [-0.39, 0.29) is 18.3 Å². The van der Waals surface area contributed by atoms with Crippen LogP contribution in [0, 0.1) is 0 Å². The number of fused-ring (bicyclic) bond motifs is 1. The Morgan fingerprint density at radius 2 is 1.54 bits per heavy atom. The highest BCUT2D eigenvalue weighted by molar-refractivity contribution is 6.00. The van der Waals surface area contributed by atoms with Gasteiger partial charge < -0.3 is 24.2 Å². The van der Waals surface area contributed by atoms with Gasteiger partial charge in [-0.2, -0.15) is 0 Å². The number of piperidine rings is 1. The van der Waals surface area contributed by atoms with Crippen LogP contribution in [0.25, 0.3) is 22.2 Å². The van der Waals surface area contributed by atoms with E-state index in [0.29, 0.717) is 36.2 Å². The van der Waals surface area contributed by atoms with Crippen LogP contribution in [0.15, 0.2) is 36.5 Å². The number of aryl methyl sites for hydroxylation is 1. The van der Waals surface area contributed by atoms with Gasteiger partial charge in [-0.1, -0.05) is 13.0 Å². The van der Waals surface area contributed by atoms with E-state index in [2.05, 4.69) is 10.3 Å². The van der Waals surface area contributed by atoms with Gasteiger partial charge in [-0.3, -0.25) is 5.32 Å². The zero-order chi connectivity index (χ0) is 34.2. The van der Waals surface area contributed by atoms with Gasteiger partial charge in [0.15, 0.2) is 0 Å². The lowest BCUT2D eigenvalue weighted by Gasteiger charge is -2.37. The number of aliphatic hydroxyl groups excluding tert-OH is 1. The molecule has 2 aromatic heterocycles. The van der Waals surface area contributed by atoms with E-state index in [9.17, 15) is 19.5 Å². The maximum atomic E-state index is 13.8. The third-order valence-corrected chi connectivity index (χ3v) is 7.35. The van der Waals surface area contributed by atoms with E-state index in [0.717, 1.165) is 16.5 Å². The second kappa shape index (κ2) is 12.9. The maximum Gasteiger partial charge on any atom is 0.419 e. The number of aromatic nitrogens is 2. The topological polar surface area (TPSA) is 132 Å². The molecular weight excluding hydrogens is 588 g/mol. The first-order valence-corrected chi connectivity index (χ1v) is 15.8. The van der Waals surface area contributed by atoms with Crippen LogP contribution in [-0.4, -0.2) is 73.8 Å². The van der Waals surface area contributed by atoms with Crippen LogP contribution in [0.2, 0.25) is 0 Å². The molecule has 0 saturated carbocycles. The van der Waals surface area contributed by atoms with Crippen LogP contribution in [0.5, 0.6) is 0 Å². The third-order valence-electron chi connectivity index (χ3n) is 7.35. The van der Waals surface area contributed by atoms with E-state index in [4.69, 9.17) is 14.2 Å². The lowest BCUT2D eigenvalue weighted by atomic mass is 9.86. The van der Waals surface area contributed by atoms with Crippen molar-refractivity contribution in [2.24, 2.45) is 0 Å². The molecular formula is C35H48N4O7. The number of benzene rings is 1. The van der Waals surface area contributed by atoms with Crippen molar-refractivity contribution < 1.29 is 33.7 Å². The molecule has 250 valence electrons. The number of likely N-dealkylation sites (tertiary alicyclic amines) is 1. The van der Waals surface area contributed by atoms with Gasteiger partial charge in [-0.25, -0.2) is 23.9 Å². The first-order chi connectivity index (χ1) is 21.3. The Balaban J connectivity index is 1.77. The number of aliphatic hydroxyl groups is 1. The molecule has 3 heterocycles. The van der Waals surface area contributed by atoms with Crippen LogP contribution >= 0.6 is 0 Å². The van der Waals surface area contributed by atoms with E-state index < -0.39 is 41.2 Å². The van der Waals surface area contributed by atoms with Gasteiger partial charge in [0.05, 0.1) is 23.9 Å². The minimum atomic E-state index is -0.794. The first-order valence-electron chi connectivity index (χ1n) is 15.8. The predicted molar refractivity (Wildman–Crippen MR) is 177 cm³/mol. The van der Waals surface area contributed by atoms with Crippen molar-refractivity contribution in [2.75, 3.05) is 18.4 Å². The smallest absolute Gasteiger partial charge is 0.419 e. The zero-order valence-corrected chi connectivity index (χ0v) is 28.7. The van der Waals surface area contributed by atoms with Crippen molar-refractivity contribution in [3.05, 3.63) is 47.7 Å². The number of nitrogens with zero attached hydrogens (tertiary/aromatic N) is 3. The fraction of sp³-hybridized carbons (Fsp3) is 0.543. The standard InChI is InChI=1S/C35H48N4O7/c1-11-23-25-18-21(24-15-17-38(20-27(24)40)31(42)45-34(5,6)7)12-13-26(25)39(32(43)46-35(8,9)10)29(23)22-14-16-36-28(19-22)37-30(41)44-33(2,3)4/h12-14,16,18-19,24,27,40H,11,15,17,20H2,1-10H3,(H,36,37,41). The average molecular weight is 637 g/mol. The normalized spacial score (nSPS) is 17.5. The first kappa shape index (κ1) is 34.7. The number of hydrogen-bond donors (Lipinski definition) is 2. The Morgan fingerprint density at radius 1 is 0.913 bits per heavy atom. The Morgan fingerprint density at radius 3 is 2.13 bits per heavy atom. The number of carbonyl (C=O) groups is 3. The molecule has 1 aliphatic heterocycles. The number of pyridine rings is 1. The molecule has 0 aliphatic carbocycles. The van der Waals surface area contributed by atoms with Crippen molar-refractivity contribution in [3.8, 4) is 11.3 Å². The highest BCUT2D eigenvalue weighted by Crippen LogP contribution is 2.39. The average Bonchev–Trinajstić information content (AvgIpc) is 3.24. The Hall–Kier alpha value is -4.12. The van der Waals surface area contributed by atoms with Gasteiger partial charge in [-0.05, 0) is 111 Å². The number of hydrogen-bond acceptors (Lipinski definition) is 8. The highest BCUT2D eigenvalue weighted by Gasteiger charge is 2.34. The van der Waals surface area contributed by atoms with E-state index in [1.807, 2.05) is 66.7 Å². The lowest BCUT2D eigenvalue weighted by Crippen LogP contribution is -2.47. The molecule has 4 rings (SSSR count). The van der Waals surface area contributed by atoms with Crippen molar-refractivity contribution >= 4 is 35.0 Å². The summed E-state index contributed by atoms with van der Waals surface area (Å²) >= 11 is 0. The predicted octanol–water partition coefficient (Wildman–Crippen LogP) is 7.48. The molecule has 2 amide bonds. The molecule has 0 radical (unpaired) electrons. The molecule has 0 spiro atoms. The molecule has 1 fully saturated rings. The van der Waals surface area contributed by atoms with Gasteiger partial charge in [0.2, 0.25) is 0 Å².